The van der Waals surface area contributed by atoms with Crippen LogP contribution in [0.5, 0.6) is 5.75 Å². The molecule has 7 nitrogen and oxygen atoms in total. The van der Waals surface area contributed by atoms with Gasteiger partial charge in [0.15, 0.2) is 5.69 Å². The number of nitrogens with zero attached hydrogens (tertiary/aromatic N) is 3. The molecule has 0 aliphatic heterocycles. The van der Waals surface area contributed by atoms with Gasteiger partial charge in [0.2, 0.25) is 0 Å². The minimum atomic E-state index is -1.04. The molecule has 0 aliphatic rings. The molecular formula is C18H23N3O4. The van der Waals surface area contributed by atoms with Crippen molar-refractivity contribution < 1.29 is 19.4 Å². The molecule has 134 valence electrons. The third-order valence-corrected chi connectivity index (χ3v) is 4.11. The molecule has 0 saturated heterocycles. The van der Waals surface area contributed by atoms with E-state index in [1.807, 2.05) is 45.0 Å². The summed E-state index contributed by atoms with van der Waals surface area (Å²) in [5.74, 6) is -0.693. The van der Waals surface area contributed by atoms with Crippen LogP contribution in [0.25, 0.3) is 5.69 Å². The highest BCUT2D eigenvalue weighted by Crippen LogP contribution is 2.18. The summed E-state index contributed by atoms with van der Waals surface area (Å²) in [5, 5.41) is 13.5. The van der Waals surface area contributed by atoms with E-state index in [1.165, 1.54) is 4.90 Å². The van der Waals surface area contributed by atoms with E-state index >= 15 is 0 Å². The van der Waals surface area contributed by atoms with Crippen molar-refractivity contribution in [2.45, 2.75) is 33.2 Å². The van der Waals surface area contributed by atoms with Crippen LogP contribution in [-0.2, 0) is 4.79 Å². The smallest absolute Gasteiger partial charge is 0.323 e. The first-order chi connectivity index (χ1) is 11.9. The average Bonchev–Trinajstić information content (AvgIpc) is 3.00. The standard InChI is InChI=1S/C18H23N3O4/c1-5-12(2)20(11-17(22)23)18(24)16-10-13(3)21(19-16)14-6-8-15(25-4)9-7-14/h6-10,12H,5,11H2,1-4H3,(H,22,23). The van der Waals surface area contributed by atoms with Crippen molar-refractivity contribution in [3.05, 3.63) is 41.7 Å². The molecule has 1 N–H and O–H groups in total. The van der Waals surface area contributed by atoms with Crippen LogP contribution in [-0.4, -0.2) is 51.4 Å². The fourth-order valence-corrected chi connectivity index (χ4v) is 2.50. The van der Waals surface area contributed by atoms with Gasteiger partial charge in [-0.25, -0.2) is 4.68 Å². The lowest BCUT2D eigenvalue weighted by atomic mass is 10.2. The second-order valence-corrected chi connectivity index (χ2v) is 5.86. The Morgan fingerprint density at radius 1 is 1.32 bits per heavy atom. The van der Waals surface area contributed by atoms with E-state index < -0.39 is 5.97 Å². The molecule has 0 radical (unpaired) electrons. The van der Waals surface area contributed by atoms with Crippen LogP contribution in [0, 0.1) is 6.92 Å². The number of carboxylic acid groups (broad SMARTS) is 1. The number of hydrogen-bond donors (Lipinski definition) is 1. The van der Waals surface area contributed by atoms with Gasteiger partial charge < -0.3 is 14.7 Å². The number of amides is 1. The van der Waals surface area contributed by atoms with Crippen LogP contribution in [0.2, 0.25) is 0 Å². The zero-order chi connectivity index (χ0) is 18.6. The topological polar surface area (TPSA) is 84.7 Å². The Hall–Kier alpha value is -2.83. The average molecular weight is 345 g/mol. The molecule has 0 spiro atoms. The molecule has 0 aliphatic carbocycles. The summed E-state index contributed by atoms with van der Waals surface area (Å²) in [5.41, 5.74) is 1.81. The second-order valence-electron chi connectivity index (χ2n) is 5.86. The minimum Gasteiger partial charge on any atom is -0.497 e. The number of methoxy groups -OCH3 is 1. The fourth-order valence-electron chi connectivity index (χ4n) is 2.50. The van der Waals surface area contributed by atoms with Crippen molar-refractivity contribution in [2.24, 2.45) is 0 Å². The molecule has 1 heterocycles. The molecule has 25 heavy (non-hydrogen) atoms. The maximum atomic E-state index is 12.7. The van der Waals surface area contributed by atoms with E-state index in [4.69, 9.17) is 9.84 Å². The molecule has 1 unspecified atom stereocenters. The Morgan fingerprint density at radius 3 is 2.48 bits per heavy atom. The highest BCUT2D eigenvalue weighted by atomic mass is 16.5. The number of aliphatic carboxylic acids is 1. The second kappa shape index (κ2) is 7.83. The molecule has 1 amide bonds. The van der Waals surface area contributed by atoms with Gasteiger partial charge in [-0.3, -0.25) is 9.59 Å². The zero-order valence-corrected chi connectivity index (χ0v) is 14.9. The van der Waals surface area contributed by atoms with Gasteiger partial charge >= 0.3 is 5.97 Å². The van der Waals surface area contributed by atoms with E-state index in [1.54, 1.807) is 17.9 Å². The van der Waals surface area contributed by atoms with Crippen LogP contribution < -0.4 is 4.74 Å². The normalized spacial score (nSPS) is 11.8. The molecule has 1 aromatic carbocycles. The van der Waals surface area contributed by atoms with Crippen LogP contribution in [0.4, 0.5) is 0 Å². The van der Waals surface area contributed by atoms with Crippen molar-refractivity contribution in [1.29, 1.82) is 0 Å². The highest BCUT2D eigenvalue weighted by Gasteiger charge is 2.25. The number of carboxylic acids is 1. The molecule has 0 bridgehead atoms. The van der Waals surface area contributed by atoms with E-state index in [2.05, 4.69) is 5.10 Å². The lowest BCUT2D eigenvalue weighted by Crippen LogP contribution is -2.42. The number of hydrogen-bond acceptors (Lipinski definition) is 4. The predicted molar refractivity (Wildman–Crippen MR) is 93.3 cm³/mol. The fraction of sp³-hybridized carbons (Fsp3) is 0.389. The van der Waals surface area contributed by atoms with Crippen molar-refractivity contribution in [2.75, 3.05) is 13.7 Å². The molecule has 2 aromatic rings. The summed E-state index contributed by atoms with van der Waals surface area (Å²) in [6.45, 7) is 5.24. The van der Waals surface area contributed by atoms with Crippen LogP contribution in [0.15, 0.2) is 30.3 Å². The van der Waals surface area contributed by atoms with Crippen molar-refractivity contribution in [1.82, 2.24) is 14.7 Å². The maximum Gasteiger partial charge on any atom is 0.323 e. The first-order valence-corrected chi connectivity index (χ1v) is 8.11. The lowest BCUT2D eigenvalue weighted by Gasteiger charge is -2.26. The number of ether oxygens (including phenoxy) is 1. The van der Waals surface area contributed by atoms with Crippen LogP contribution in [0.3, 0.4) is 0 Å². The van der Waals surface area contributed by atoms with Gasteiger partial charge in [0, 0.05) is 11.7 Å². The maximum absolute atomic E-state index is 12.7. The number of aryl methyl sites for hydroxylation is 1. The first kappa shape index (κ1) is 18.5. The van der Waals surface area contributed by atoms with Crippen molar-refractivity contribution in [3.8, 4) is 11.4 Å². The Morgan fingerprint density at radius 2 is 1.96 bits per heavy atom. The monoisotopic (exact) mass is 345 g/mol. The van der Waals surface area contributed by atoms with Gasteiger partial charge in [0.05, 0.1) is 12.8 Å². The van der Waals surface area contributed by atoms with E-state index in [9.17, 15) is 9.59 Å². The third kappa shape index (κ3) is 4.17. The summed E-state index contributed by atoms with van der Waals surface area (Å²) in [4.78, 5) is 25.2. The Bertz CT molecular complexity index is 752. The summed E-state index contributed by atoms with van der Waals surface area (Å²) >= 11 is 0. The third-order valence-electron chi connectivity index (χ3n) is 4.11. The summed E-state index contributed by atoms with van der Waals surface area (Å²) < 4.78 is 6.79. The lowest BCUT2D eigenvalue weighted by molar-refractivity contribution is -0.138. The van der Waals surface area contributed by atoms with Gasteiger partial charge in [-0.15, -0.1) is 0 Å². The summed E-state index contributed by atoms with van der Waals surface area (Å²) in [7, 11) is 1.59. The number of benzene rings is 1. The summed E-state index contributed by atoms with van der Waals surface area (Å²) in [6, 6.07) is 8.80. The van der Waals surface area contributed by atoms with Gasteiger partial charge in [0.25, 0.3) is 5.91 Å². The van der Waals surface area contributed by atoms with Gasteiger partial charge in [-0.1, -0.05) is 6.92 Å². The molecule has 0 saturated carbocycles. The van der Waals surface area contributed by atoms with E-state index in [0.717, 1.165) is 17.1 Å². The zero-order valence-electron chi connectivity index (χ0n) is 14.9. The van der Waals surface area contributed by atoms with E-state index in [0.29, 0.717) is 6.42 Å². The van der Waals surface area contributed by atoms with Crippen molar-refractivity contribution >= 4 is 11.9 Å². The predicted octanol–water partition coefficient (Wildman–Crippen LogP) is 2.51. The van der Waals surface area contributed by atoms with Gasteiger partial charge in [-0.2, -0.15) is 5.10 Å². The number of carbonyl (C=O) groups is 2. The number of carbonyl (C=O) groups excluding carboxylic acids is 1. The molecule has 1 aromatic heterocycles. The first-order valence-electron chi connectivity index (χ1n) is 8.11. The number of aromatic nitrogens is 2. The van der Waals surface area contributed by atoms with Gasteiger partial charge in [-0.05, 0) is 50.6 Å². The van der Waals surface area contributed by atoms with Gasteiger partial charge in [0.1, 0.15) is 12.3 Å². The number of rotatable bonds is 7. The van der Waals surface area contributed by atoms with Crippen LogP contribution >= 0.6 is 0 Å². The molecule has 7 heteroatoms. The SMILES string of the molecule is CCC(C)N(CC(=O)O)C(=O)c1cc(C)n(-c2ccc(OC)cc2)n1. The van der Waals surface area contributed by atoms with E-state index in [-0.39, 0.29) is 24.2 Å². The molecule has 0 fully saturated rings. The largest absolute Gasteiger partial charge is 0.497 e. The minimum absolute atomic E-state index is 0.185. The summed E-state index contributed by atoms with van der Waals surface area (Å²) in [6.07, 6.45) is 0.664. The Balaban J connectivity index is 2.32. The quantitative estimate of drug-likeness (QED) is 0.833. The molecule has 1 atom stereocenters. The Labute approximate surface area is 146 Å². The van der Waals surface area contributed by atoms with Crippen molar-refractivity contribution in [3.63, 3.8) is 0 Å². The molecule has 2 rings (SSSR count). The Kier molecular flexibility index (Phi) is 5.80. The highest BCUT2D eigenvalue weighted by molar-refractivity contribution is 5.94. The molecular weight excluding hydrogens is 322 g/mol. The van der Waals surface area contributed by atoms with Crippen LogP contribution in [0.1, 0.15) is 36.5 Å².